The van der Waals surface area contributed by atoms with Crippen molar-refractivity contribution in [2.45, 2.75) is 13.8 Å². The molecule has 3 N–H and O–H groups in total. The molecule has 1 aromatic carbocycles. The summed E-state index contributed by atoms with van der Waals surface area (Å²) in [4.78, 5) is 10.7. The number of amides is 1. The number of rotatable bonds is 1. The normalized spacial score (nSPS) is 9.57. The average Bonchev–Trinajstić information content (AvgIpc) is 2.09. The first-order valence-electron chi connectivity index (χ1n) is 4.18. The van der Waals surface area contributed by atoms with Gasteiger partial charge in [-0.3, -0.25) is 4.79 Å². The number of benzene rings is 1. The van der Waals surface area contributed by atoms with E-state index in [-0.39, 0.29) is 4.99 Å². The molecule has 0 radical (unpaired) electrons. The van der Waals surface area contributed by atoms with Crippen LogP contribution in [0.1, 0.15) is 11.1 Å². The topological polar surface area (TPSA) is 55.1 Å². The summed E-state index contributed by atoms with van der Waals surface area (Å²) in [7, 11) is 0. The van der Waals surface area contributed by atoms with E-state index >= 15 is 0 Å². The number of aryl methyl sites for hydroxylation is 2. The second kappa shape index (κ2) is 4.19. The van der Waals surface area contributed by atoms with Gasteiger partial charge in [-0.05, 0) is 25.5 Å². The molecule has 3 nitrogen and oxygen atoms in total. The van der Waals surface area contributed by atoms with Gasteiger partial charge in [0.15, 0.2) is 4.99 Å². The van der Waals surface area contributed by atoms with Crippen molar-refractivity contribution in [3.63, 3.8) is 0 Å². The van der Waals surface area contributed by atoms with E-state index in [1.54, 1.807) is 0 Å². The lowest BCUT2D eigenvalue weighted by Gasteiger charge is -2.08. The molecule has 0 aliphatic carbocycles. The molecule has 0 fully saturated rings. The third kappa shape index (κ3) is 2.53. The van der Waals surface area contributed by atoms with Gasteiger partial charge in [0.25, 0.3) is 5.91 Å². The first-order valence-corrected chi connectivity index (χ1v) is 4.59. The van der Waals surface area contributed by atoms with Crippen LogP contribution in [0.25, 0.3) is 0 Å². The summed E-state index contributed by atoms with van der Waals surface area (Å²) in [5, 5.41) is 2.79. The van der Waals surface area contributed by atoms with Gasteiger partial charge in [0, 0.05) is 5.69 Å². The number of carbonyl (C=O) groups is 1. The maximum Gasteiger partial charge on any atom is 0.276 e. The van der Waals surface area contributed by atoms with Gasteiger partial charge in [-0.15, -0.1) is 0 Å². The molecule has 0 heterocycles. The van der Waals surface area contributed by atoms with Crippen LogP contribution in [0.5, 0.6) is 0 Å². The van der Waals surface area contributed by atoms with E-state index in [9.17, 15) is 4.79 Å². The van der Waals surface area contributed by atoms with Crippen LogP contribution < -0.4 is 11.1 Å². The molecule has 4 heteroatoms. The number of carbonyl (C=O) groups excluding carboxylic acids is 1. The van der Waals surface area contributed by atoms with Crippen LogP contribution in [0.2, 0.25) is 0 Å². The third-order valence-corrected chi connectivity index (χ3v) is 2.16. The zero-order chi connectivity index (χ0) is 10.7. The van der Waals surface area contributed by atoms with Gasteiger partial charge in [-0.2, -0.15) is 0 Å². The summed E-state index contributed by atoms with van der Waals surface area (Å²) in [5.74, 6) is -0.611. The largest absolute Gasteiger partial charge is 0.364 e. The Hall–Kier alpha value is -1.42. The number of hydrogen-bond acceptors (Lipinski definition) is 2. The highest BCUT2D eigenvalue weighted by Crippen LogP contribution is 2.15. The smallest absolute Gasteiger partial charge is 0.276 e. The summed E-state index contributed by atoms with van der Waals surface area (Å²) in [6.45, 7) is 3.95. The zero-order valence-corrected chi connectivity index (χ0v) is 8.94. The fourth-order valence-electron chi connectivity index (χ4n) is 1.14. The molecule has 0 spiro atoms. The molecule has 0 saturated heterocycles. The first kappa shape index (κ1) is 10.7. The van der Waals surface area contributed by atoms with Crippen LogP contribution >= 0.6 is 12.2 Å². The summed E-state index contributed by atoms with van der Waals surface area (Å²) < 4.78 is 0. The lowest BCUT2D eigenvalue weighted by atomic mass is 10.1. The predicted molar refractivity (Wildman–Crippen MR) is 61.3 cm³/mol. The van der Waals surface area contributed by atoms with E-state index in [2.05, 4.69) is 5.32 Å². The van der Waals surface area contributed by atoms with Crippen molar-refractivity contribution in [1.29, 1.82) is 0 Å². The highest BCUT2D eigenvalue weighted by molar-refractivity contribution is 7.82. The summed E-state index contributed by atoms with van der Waals surface area (Å²) >= 11 is 4.77. The molecule has 0 aliphatic heterocycles. The molecule has 1 rings (SSSR count). The van der Waals surface area contributed by atoms with Crippen LogP contribution in [0.4, 0.5) is 5.69 Å². The maximum atomic E-state index is 10.7. The maximum absolute atomic E-state index is 10.7. The number of nitrogens with one attached hydrogen (secondary N) is 1. The molecule has 0 aliphatic rings. The lowest BCUT2D eigenvalue weighted by Crippen LogP contribution is -2.28. The highest BCUT2D eigenvalue weighted by atomic mass is 32.1. The number of thiocarbonyl (C=S) groups is 1. The third-order valence-electron chi connectivity index (χ3n) is 1.85. The number of anilines is 1. The molecular weight excluding hydrogens is 196 g/mol. The van der Waals surface area contributed by atoms with Gasteiger partial charge >= 0.3 is 0 Å². The minimum Gasteiger partial charge on any atom is -0.364 e. The minimum absolute atomic E-state index is 0.0388. The Morgan fingerprint density at radius 2 is 2.07 bits per heavy atom. The minimum atomic E-state index is -0.611. The molecule has 0 atom stereocenters. The Labute approximate surface area is 88.3 Å². The zero-order valence-electron chi connectivity index (χ0n) is 8.13. The van der Waals surface area contributed by atoms with E-state index < -0.39 is 5.91 Å². The second-order valence-corrected chi connectivity index (χ2v) is 3.54. The van der Waals surface area contributed by atoms with Crippen molar-refractivity contribution in [2.75, 3.05) is 5.32 Å². The number of nitrogens with two attached hydrogens (primary N) is 1. The van der Waals surface area contributed by atoms with Crippen molar-refractivity contribution < 1.29 is 4.79 Å². The fourth-order valence-corrected chi connectivity index (χ4v) is 1.25. The fraction of sp³-hybridized carbons (Fsp3) is 0.200. The van der Waals surface area contributed by atoms with E-state index in [0.717, 1.165) is 16.8 Å². The van der Waals surface area contributed by atoms with E-state index in [1.165, 1.54) is 0 Å². The number of primary amides is 1. The van der Waals surface area contributed by atoms with Crippen molar-refractivity contribution in [1.82, 2.24) is 0 Å². The molecule has 0 unspecified atom stereocenters. The molecule has 1 aromatic rings. The van der Waals surface area contributed by atoms with Gasteiger partial charge in [0.2, 0.25) is 0 Å². The van der Waals surface area contributed by atoms with Crippen molar-refractivity contribution >= 4 is 28.8 Å². The van der Waals surface area contributed by atoms with Crippen molar-refractivity contribution in [2.24, 2.45) is 5.73 Å². The van der Waals surface area contributed by atoms with Crippen molar-refractivity contribution in [3.8, 4) is 0 Å². The molecular formula is C10H12N2OS. The Morgan fingerprint density at radius 1 is 1.43 bits per heavy atom. The van der Waals surface area contributed by atoms with Crippen LogP contribution in [-0.2, 0) is 4.79 Å². The number of hydrogen-bond donors (Lipinski definition) is 2. The molecule has 0 bridgehead atoms. The van der Waals surface area contributed by atoms with Gasteiger partial charge in [-0.25, -0.2) is 0 Å². The summed E-state index contributed by atoms with van der Waals surface area (Å²) in [5.41, 5.74) is 8.04. The van der Waals surface area contributed by atoms with Crippen LogP contribution in [0, 0.1) is 13.8 Å². The Balaban J connectivity index is 2.87. The second-order valence-electron chi connectivity index (χ2n) is 3.14. The predicted octanol–water partition coefficient (Wildman–Crippen LogP) is 1.53. The standard InChI is InChI=1S/C10H12N2OS/c1-6-3-4-8(7(2)5-6)12-10(14)9(11)13/h3-5H,1-2H3,(H2,11,13)(H,12,14). The Kier molecular flexibility index (Phi) is 3.19. The van der Waals surface area contributed by atoms with Gasteiger partial charge in [0.1, 0.15) is 0 Å². The van der Waals surface area contributed by atoms with Gasteiger partial charge < -0.3 is 11.1 Å². The van der Waals surface area contributed by atoms with Crippen LogP contribution in [0.3, 0.4) is 0 Å². The van der Waals surface area contributed by atoms with Gasteiger partial charge in [0.05, 0.1) is 0 Å². The van der Waals surface area contributed by atoms with Gasteiger partial charge in [-0.1, -0.05) is 29.9 Å². The Morgan fingerprint density at radius 3 is 2.57 bits per heavy atom. The lowest BCUT2D eigenvalue weighted by molar-refractivity contribution is -0.111. The van der Waals surface area contributed by atoms with E-state index in [1.807, 2.05) is 32.0 Å². The van der Waals surface area contributed by atoms with Crippen LogP contribution in [-0.4, -0.2) is 10.9 Å². The van der Waals surface area contributed by atoms with Crippen LogP contribution in [0.15, 0.2) is 18.2 Å². The highest BCUT2D eigenvalue weighted by Gasteiger charge is 2.05. The SMILES string of the molecule is Cc1ccc(NC(=S)C(N)=O)c(C)c1. The monoisotopic (exact) mass is 208 g/mol. The quantitative estimate of drug-likeness (QED) is 0.688. The van der Waals surface area contributed by atoms with E-state index in [0.29, 0.717) is 0 Å². The van der Waals surface area contributed by atoms with E-state index in [4.69, 9.17) is 18.0 Å². The average molecular weight is 208 g/mol. The summed E-state index contributed by atoms with van der Waals surface area (Å²) in [6.07, 6.45) is 0. The first-order chi connectivity index (χ1) is 6.50. The molecule has 14 heavy (non-hydrogen) atoms. The van der Waals surface area contributed by atoms with Crippen molar-refractivity contribution in [3.05, 3.63) is 29.3 Å². The molecule has 0 saturated carbocycles. The summed E-state index contributed by atoms with van der Waals surface area (Å²) in [6, 6.07) is 5.82. The molecule has 0 aromatic heterocycles. The molecule has 74 valence electrons. The Bertz CT molecular complexity index is 388. The molecule has 1 amide bonds.